The van der Waals surface area contributed by atoms with E-state index in [9.17, 15) is 4.39 Å². The molecule has 6 heteroatoms. The van der Waals surface area contributed by atoms with Gasteiger partial charge in [-0.3, -0.25) is 0 Å². The Hall–Kier alpha value is -2.60. The third kappa shape index (κ3) is 4.12. The maximum absolute atomic E-state index is 13.3. The number of rotatable bonds is 7. The fourth-order valence-corrected chi connectivity index (χ4v) is 3.86. The van der Waals surface area contributed by atoms with Gasteiger partial charge in [0.15, 0.2) is 17.1 Å². The van der Waals surface area contributed by atoms with Crippen LogP contribution >= 0.6 is 0 Å². The molecule has 28 heavy (non-hydrogen) atoms. The number of piperidine rings is 1. The van der Waals surface area contributed by atoms with Gasteiger partial charge in [-0.1, -0.05) is 17.3 Å². The standard InChI is InChI=1S/C22H25FN2O3/c1-26-19-5-2-3-6-20(19)27-14-4-11-25-12-9-16(10-13-25)22-18-8-7-17(23)15-21(18)28-24-22/h2-3,5-8,15-16H,4,9-14H2,1H3. The smallest absolute Gasteiger partial charge is 0.170 e. The van der Waals surface area contributed by atoms with Gasteiger partial charge in [0.2, 0.25) is 0 Å². The molecule has 4 rings (SSSR count). The molecule has 2 heterocycles. The van der Waals surface area contributed by atoms with Crippen LogP contribution in [0.1, 0.15) is 30.9 Å². The molecule has 1 aromatic heterocycles. The van der Waals surface area contributed by atoms with Crippen molar-refractivity contribution in [2.45, 2.75) is 25.2 Å². The van der Waals surface area contributed by atoms with Crippen LogP contribution in [-0.2, 0) is 0 Å². The molecule has 1 fully saturated rings. The van der Waals surface area contributed by atoms with Crippen molar-refractivity contribution < 1.29 is 18.4 Å². The Morgan fingerprint density at radius 3 is 2.71 bits per heavy atom. The van der Waals surface area contributed by atoms with E-state index in [1.165, 1.54) is 12.1 Å². The van der Waals surface area contributed by atoms with E-state index in [1.54, 1.807) is 13.2 Å². The molecular formula is C22H25FN2O3. The van der Waals surface area contributed by atoms with Gasteiger partial charge in [-0.25, -0.2) is 4.39 Å². The van der Waals surface area contributed by atoms with E-state index < -0.39 is 0 Å². The van der Waals surface area contributed by atoms with Gasteiger partial charge in [0, 0.05) is 23.9 Å². The minimum atomic E-state index is -0.291. The Morgan fingerprint density at radius 2 is 1.93 bits per heavy atom. The van der Waals surface area contributed by atoms with Gasteiger partial charge in [-0.05, 0) is 56.6 Å². The van der Waals surface area contributed by atoms with Crippen molar-refractivity contribution >= 4 is 11.0 Å². The number of hydrogen-bond donors (Lipinski definition) is 0. The van der Waals surface area contributed by atoms with Crippen LogP contribution in [0, 0.1) is 5.82 Å². The van der Waals surface area contributed by atoms with Gasteiger partial charge in [0.1, 0.15) is 5.82 Å². The summed E-state index contributed by atoms with van der Waals surface area (Å²) in [6.45, 7) is 3.72. The maximum atomic E-state index is 13.3. The summed E-state index contributed by atoms with van der Waals surface area (Å²) in [4.78, 5) is 2.46. The predicted molar refractivity (Wildman–Crippen MR) is 105 cm³/mol. The molecule has 0 N–H and O–H groups in total. The molecule has 0 unspecified atom stereocenters. The molecule has 1 saturated heterocycles. The van der Waals surface area contributed by atoms with Crippen LogP contribution in [0.25, 0.3) is 11.0 Å². The molecule has 0 saturated carbocycles. The monoisotopic (exact) mass is 384 g/mol. The first-order chi connectivity index (χ1) is 13.7. The quantitative estimate of drug-likeness (QED) is 0.556. The zero-order valence-electron chi connectivity index (χ0n) is 16.1. The Kier molecular flexibility index (Phi) is 5.76. The highest BCUT2D eigenvalue weighted by atomic mass is 19.1. The van der Waals surface area contributed by atoms with Crippen molar-refractivity contribution in [3.63, 3.8) is 0 Å². The van der Waals surface area contributed by atoms with Gasteiger partial charge in [-0.2, -0.15) is 0 Å². The summed E-state index contributed by atoms with van der Waals surface area (Å²) in [6, 6.07) is 12.4. The summed E-state index contributed by atoms with van der Waals surface area (Å²) in [7, 11) is 1.65. The lowest BCUT2D eigenvalue weighted by Crippen LogP contribution is -2.34. The summed E-state index contributed by atoms with van der Waals surface area (Å²) in [5, 5.41) is 5.15. The Labute approximate surface area is 164 Å². The lowest BCUT2D eigenvalue weighted by atomic mass is 9.91. The lowest BCUT2D eigenvalue weighted by Gasteiger charge is -2.31. The molecule has 0 atom stereocenters. The van der Waals surface area contributed by atoms with E-state index >= 15 is 0 Å². The van der Waals surface area contributed by atoms with Crippen LogP contribution in [0.4, 0.5) is 4.39 Å². The van der Waals surface area contributed by atoms with Gasteiger partial charge >= 0.3 is 0 Å². The molecule has 1 aliphatic rings. The summed E-state index contributed by atoms with van der Waals surface area (Å²) in [5.74, 6) is 1.63. The molecule has 148 valence electrons. The number of ether oxygens (including phenoxy) is 2. The first-order valence-corrected chi connectivity index (χ1v) is 9.77. The molecular weight excluding hydrogens is 359 g/mol. The van der Waals surface area contributed by atoms with Crippen molar-refractivity contribution in [1.29, 1.82) is 0 Å². The second-order valence-electron chi connectivity index (χ2n) is 7.18. The molecule has 0 spiro atoms. The van der Waals surface area contributed by atoms with Crippen LogP contribution in [0.2, 0.25) is 0 Å². The fourth-order valence-electron chi connectivity index (χ4n) is 3.86. The number of methoxy groups -OCH3 is 1. The van der Waals surface area contributed by atoms with E-state index in [0.717, 1.165) is 61.5 Å². The van der Waals surface area contributed by atoms with E-state index in [4.69, 9.17) is 14.0 Å². The normalized spacial score (nSPS) is 15.8. The summed E-state index contributed by atoms with van der Waals surface area (Å²) < 4.78 is 29.8. The third-order valence-electron chi connectivity index (χ3n) is 5.38. The summed E-state index contributed by atoms with van der Waals surface area (Å²) in [6.07, 6.45) is 3.04. The highest BCUT2D eigenvalue weighted by Crippen LogP contribution is 2.33. The van der Waals surface area contributed by atoms with Crippen LogP contribution in [0.3, 0.4) is 0 Å². The Morgan fingerprint density at radius 1 is 1.14 bits per heavy atom. The molecule has 0 bridgehead atoms. The van der Waals surface area contributed by atoms with Crippen molar-refractivity contribution in [3.8, 4) is 11.5 Å². The number of hydrogen-bond acceptors (Lipinski definition) is 5. The van der Waals surface area contributed by atoms with Gasteiger partial charge in [0.05, 0.1) is 19.4 Å². The van der Waals surface area contributed by atoms with Gasteiger partial charge in [0.25, 0.3) is 0 Å². The number of aromatic nitrogens is 1. The molecule has 5 nitrogen and oxygen atoms in total. The van der Waals surface area contributed by atoms with Crippen molar-refractivity contribution in [3.05, 3.63) is 54.0 Å². The number of nitrogens with zero attached hydrogens (tertiary/aromatic N) is 2. The van der Waals surface area contributed by atoms with Crippen LogP contribution in [0.15, 0.2) is 47.0 Å². The lowest BCUT2D eigenvalue weighted by molar-refractivity contribution is 0.189. The molecule has 1 aliphatic heterocycles. The van der Waals surface area contributed by atoms with Crippen molar-refractivity contribution in [2.24, 2.45) is 0 Å². The average Bonchev–Trinajstić information content (AvgIpc) is 3.15. The Bertz CT molecular complexity index is 919. The number of fused-ring (bicyclic) bond motifs is 1. The second kappa shape index (κ2) is 8.61. The fraction of sp³-hybridized carbons (Fsp3) is 0.409. The Balaban J connectivity index is 1.24. The highest BCUT2D eigenvalue weighted by Gasteiger charge is 2.25. The molecule has 3 aromatic rings. The van der Waals surface area contributed by atoms with E-state index in [0.29, 0.717) is 18.1 Å². The SMILES string of the molecule is COc1ccccc1OCCCN1CCC(c2noc3cc(F)ccc23)CC1. The second-order valence-corrected chi connectivity index (χ2v) is 7.18. The number of para-hydroxylation sites is 2. The molecule has 0 amide bonds. The van der Waals surface area contributed by atoms with E-state index in [-0.39, 0.29) is 5.82 Å². The van der Waals surface area contributed by atoms with Gasteiger partial charge in [-0.15, -0.1) is 0 Å². The van der Waals surface area contributed by atoms with Crippen LogP contribution in [-0.4, -0.2) is 43.4 Å². The van der Waals surface area contributed by atoms with Crippen molar-refractivity contribution in [2.75, 3.05) is 33.4 Å². The summed E-state index contributed by atoms with van der Waals surface area (Å²) >= 11 is 0. The molecule has 0 radical (unpaired) electrons. The number of likely N-dealkylation sites (tertiary alicyclic amines) is 1. The first-order valence-electron chi connectivity index (χ1n) is 9.77. The third-order valence-corrected chi connectivity index (χ3v) is 5.38. The van der Waals surface area contributed by atoms with Crippen LogP contribution in [0.5, 0.6) is 11.5 Å². The first kappa shape index (κ1) is 18.7. The maximum Gasteiger partial charge on any atom is 0.170 e. The zero-order chi connectivity index (χ0) is 19.3. The number of benzene rings is 2. The van der Waals surface area contributed by atoms with E-state index in [1.807, 2.05) is 24.3 Å². The number of halogens is 1. The summed E-state index contributed by atoms with van der Waals surface area (Å²) in [5.41, 5.74) is 1.50. The highest BCUT2D eigenvalue weighted by molar-refractivity contribution is 5.79. The zero-order valence-corrected chi connectivity index (χ0v) is 16.1. The van der Waals surface area contributed by atoms with Gasteiger partial charge < -0.3 is 18.9 Å². The molecule has 0 aliphatic carbocycles. The predicted octanol–water partition coefficient (Wildman–Crippen LogP) is 4.62. The largest absolute Gasteiger partial charge is 0.493 e. The molecule has 2 aromatic carbocycles. The average molecular weight is 384 g/mol. The minimum absolute atomic E-state index is 0.291. The topological polar surface area (TPSA) is 47.7 Å². The van der Waals surface area contributed by atoms with Crippen molar-refractivity contribution in [1.82, 2.24) is 10.1 Å². The van der Waals surface area contributed by atoms with E-state index in [2.05, 4.69) is 10.1 Å². The van der Waals surface area contributed by atoms with Crippen LogP contribution < -0.4 is 9.47 Å². The minimum Gasteiger partial charge on any atom is -0.493 e.